The lowest BCUT2D eigenvalue weighted by atomic mass is 10.1. The average Bonchev–Trinajstić information content (AvgIpc) is 3.30. The number of aromatic amines is 1. The molecule has 0 spiro atoms. The van der Waals surface area contributed by atoms with Gasteiger partial charge in [0.1, 0.15) is 5.82 Å². The molecule has 1 aliphatic rings. The molecule has 1 saturated heterocycles. The second-order valence-corrected chi connectivity index (χ2v) is 6.71. The zero-order valence-corrected chi connectivity index (χ0v) is 14.6. The number of benzene rings is 1. The quantitative estimate of drug-likeness (QED) is 0.713. The number of aromatic nitrogens is 3. The zero-order valence-electron chi connectivity index (χ0n) is 14.6. The molecule has 1 atom stereocenters. The van der Waals surface area contributed by atoms with Gasteiger partial charge in [0.15, 0.2) is 0 Å². The Morgan fingerprint density at radius 1 is 1.04 bits per heavy atom. The van der Waals surface area contributed by atoms with Crippen LogP contribution in [0.1, 0.15) is 24.7 Å². The number of hydrogen-bond donors (Lipinski definition) is 1. The van der Waals surface area contributed by atoms with Crippen molar-refractivity contribution in [3.05, 3.63) is 60.7 Å². The number of imidazole rings is 1. The van der Waals surface area contributed by atoms with Gasteiger partial charge in [0.2, 0.25) is 0 Å². The molecule has 3 heterocycles. The monoisotopic (exact) mass is 372 g/mol. The summed E-state index contributed by atoms with van der Waals surface area (Å²) in [5.74, 6) is 0.582. The number of likely N-dealkylation sites (tertiary alicyclic amines) is 1. The maximum absolute atomic E-state index is 12.8. The Labute approximate surface area is 155 Å². The first-order valence-corrected chi connectivity index (χ1v) is 8.87. The van der Waals surface area contributed by atoms with E-state index in [9.17, 15) is 13.2 Å². The van der Waals surface area contributed by atoms with Crippen LogP contribution in [0.25, 0.3) is 22.5 Å². The van der Waals surface area contributed by atoms with Crippen LogP contribution in [0.5, 0.6) is 0 Å². The zero-order chi connectivity index (χ0) is 18.9. The molecule has 0 saturated carbocycles. The molecule has 2 aromatic heterocycles. The summed E-state index contributed by atoms with van der Waals surface area (Å²) in [6, 6.07) is 13.4. The fourth-order valence-electron chi connectivity index (χ4n) is 3.54. The molecule has 4 nitrogen and oxygen atoms in total. The Balaban J connectivity index is 1.52. The summed E-state index contributed by atoms with van der Waals surface area (Å²) < 4.78 is 38.3. The summed E-state index contributed by atoms with van der Waals surface area (Å²) in [5.41, 5.74) is 3.41. The third-order valence-corrected chi connectivity index (χ3v) is 4.79. The summed E-state index contributed by atoms with van der Waals surface area (Å²) in [7, 11) is 0. The molecule has 7 heteroatoms. The lowest BCUT2D eigenvalue weighted by molar-refractivity contribution is -0.148. The lowest BCUT2D eigenvalue weighted by Crippen LogP contribution is -2.34. The van der Waals surface area contributed by atoms with Crippen molar-refractivity contribution in [3.63, 3.8) is 0 Å². The van der Waals surface area contributed by atoms with Crippen LogP contribution in [-0.2, 0) is 0 Å². The van der Waals surface area contributed by atoms with E-state index in [1.54, 1.807) is 12.4 Å². The molecule has 1 aliphatic heterocycles. The van der Waals surface area contributed by atoms with Crippen LogP contribution in [0.15, 0.2) is 54.9 Å². The molecule has 1 N–H and O–H groups in total. The predicted octanol–water partition coefficient (Wildman–Crippen LogP) is 4.84. The fourth-order valence-corrected chi connectivity index (χ4v) is 3.54. The van der Waals surface area contributed by atoms with Crippen LogP contribution in [0.2, 0.25) is 0 Å². The van der Waals surface area contributed by atoms with Crippen molar-refractivity contribution in [2.45, 2.75) is 25.1 Å². The third-order valence-electron chi connectivity index (χ3n) is 4.79. The highest BCUT2D eigenvalue weighted by Gasteiger charge is 2.37. The van der Waals surface area contributed by atoms with Crippen molar-refractivity contribution >= 4 is 0 Å². The lowest BCUT2D eigenvalue weighted by Gasteiger charge is -2.23. The largest absolute Gasteiger partial charge is 0.401 e. The van der Waals surface area contributed by atoms with Crippen LogP contribution in [-0.4, -0.2) is 39.1 Å². The van der Waals surface area contributed by atoms with E-state index in [1.807, 2.05) is 42.5 Å². The van der Waals surface area contributed by atoms with Crippen molar-refractivity contribution < 1.29 is 13.2 Å². The molecule has 3 aromatic rings. The highest BCUT2D eigenvalue weighted by atomic mass is 19.4. The van der Waals surface area contributed by atoms with Crippen molar-refractivity contribution in [2.75, 3.05) is 13.1 Å². The maximum Gasteiger partial charge on any atom is 0.401 e. The fraction of sp³-hybridized carbons (Fsp3) is 0.300. The van der Waals surface area contributed by atoms with E-state index >= 15 is 0 Å². The molecular formula is C20H19F3N4. The molecule has 140 valence electrons. The number of alkyl halides is 3. The van der Waals surface area contributed by atoms with E-state index in [-0.39, 0.29) is 6.04 Å². The van der Waals surface area contributed by atoms with Crippen LogP contribution in [0, 0.1) is 0 Å². The first-order chi connectivity index (χ1) is 13.0. The van der Waals surface area contributed by atoms with Gasteiger partial charge in [0, 0.05) is 23.5 Å². The highest BCUT2D eigenvalue weighted by Crippen LogP contribution is 2.34. The molecule has 0 aliphatic carbocycles. The van der Waals surface area contributed by atoms with E-state index in [1.165, 1.54) is 4.90 Å². The second-order valence-electron chi connectivity index (χ2n) is 6.71. The van der Waals surface area contributed by atoms with E-state index in [0.717, 1.165) is 23.2 Å². The predicted molar refractivity (Wildman–Crippen MR) is 96.9 cm³/mol. The smallest absolute Gasteiger partial charge is 0.347 e. The SMILES string of the molecule is FC(F)(F)CN1CCC[C@H]1c1nc(-c2ccc(-c3ccccc3)nc2)c[nH]1. The van der Waals surface area contributed by atoms with Gasteiger partial charge in [0.25, 0.3) is 0 Å². The number of hydrogen-bond acceptors (Lipinski definition) is 3. The minimum absolute atomic E-state index is 0.322. The van der Waals surface area contributed by atoms with Gasteiger partial charge < -0.3 is 4.98 Å². The Morgan fingerprint density at radius 2 is 1.85 bits per heavy atom. The summed E-state index contributed by atoms with van der Waals surface area (Å²) in [4.78, 5) is 13.5. The van der Waals surface area contributed by atoms with Crippen molar-refractivity contribution in [2.24, 2.45) is 0 Å². The Morgan fingerprint density at radius 3 is 2.56 bits per heavy atom. The molecule has 0 radical (unpaired) electrons. The number of rotatable bonds is 4. The Kier molecular flexibility index (Phi) is 4.70. The van der Waals surface area contributed by atoms with Crippen molar-refractivity contribution in [3.8, 4) is 22.5 Å². The molecule has 0 bridgehead atoms. The van der Waals surface area contributed by atoms with Gasteiger partial charge in [-0.15, -0.1) is 0 Å². The first-order valence-electron chi connectivity index (χ1n) is 8.87. The Hall–Kier alpha value is -2.67. The van der Waals surface area contributed by atoms with Gasteiger partial charge in [-0.3, -0.25) is 9.88 Å². The van der Waals surface area contributed by atoms with E-state index in [4.69, 9.17) is 0 Å². The molecule has 27 heavy (non-hydrogen) atoms. The minimum atomic E-state index is -4.20. The number of nitrogens with zero attached hydrogens (tertiary/aromatic N) is 3. The minimum Gasteiger partial charge on any atom is -0.347 e. The molecule has 1 aromatic carbocycles. The van der Waals surface area contributed by atoms with Crippen LogP contribution in [0.3, 0.4) is 0 Å². The number of pyridine rings is 1. The number of halogens is 3. The average molecular weight is 372 g/mol. The van der Waals surface area contributed by atoms with Crippen LogP contribution < -0.4 is 0 Å². The summed E-state index contributed by atoms with van der Waals surface area (Å²) in [5, 5.41) is 0. The second kappa shape index (κ2) is 7.15. The highest BCUT2D eigenvalue weighted by molar-refractivity contribution is 5.64. The summed E-state index contributed by atoms with van der Waals surface area (Å²) in [6.07, 6.45) is 0.691. The number of nitrogens with one attached hydrogen (secondary N) is 1. The van der Waals surface area contributed by atoms with E-state index in [0.29, 0.717) is 24.5 Å². The topological polar surface area (TPSA) is 44.8 Å². The summed E-state index contributed by atoms with van der Waals surface area (Å²) >= 11 is 0. The van der Waals surface area contributed by atoms with Gasteiger partial charge in [-0.1, -0.05) is 30.3 Å². The third kappa shape index (κ3) is 4.03. The van der Waals surface area contributed by atoms with Gasteiger partial charge in [-0.25, -0.2) is 4.98 Å². The number of H-pyrrole nitrogens is 1. The van der Waals surface area contributed by atoms with Crippen molar-refractivity contribution in [1.29, 1.82) is 0 Å². The van der Waals surface area contributed by atoms with Gasteiger partial charge in [0.05, 0.1) is 24.0 Å². The van der Waals surface area contributed by atoms with Crippen LogP contribution in [0.4, 0.5) is 13.2 Å². The van der Waals surface area contributed by atoms with E-state index < -0.39 is 12.7 Å². The van der Waals surface area contributed by atoms with E-state index in [2.05, 4.69) is 15.0 Å². The molecular weight excluding hydrogens is 353 g/mol. The maximum atomic E-state index is 12.8. The van der Waals surface area contributed by atoms with Gasteiger partial charge in [-0.05, 0) is 31.5 Å². The van der Waals surface area contributed by atoms with Gasteiger partial charge >= 0.3 is 6.18 Å². The molecule has 1 fully saturated rings. The Bertz CT molecular complexity index is 888. The van der Waals surface area contributed by atoms with Gasteiger partial charge in [-0.2, -0.15) is 13.2 Å². The first kappa shape index (κ1) is 17.7. The van der Waals surface area contributed by atoms with Crippen molar-refractivity contribution in [1.82, 2.24) is 19.9 Å². The summed E-state index contributed by atoms with van der Waals surface area (Å²) in [6.45, 7) is -0.464. The normalized spacial score (nSPS) is 18.1. The molecule has 4 rings (SSSR count). The standard InChI is InChI=1S/C20H19F3N4/c21-20(22,23)13-27-10-4-7-18(27)19-25-12-17(26-19)15-8-9-16(24-11-15)14-5-2-1-3-6-14/h1-3,5-6,8-9,11-12,18H,4,7,10,13H2,(H,25,26)/t18-/m0/s1. The molecule has 0 amide bonds. The molecule has 0 unspecified atom stereocenters. The van der Waals surface area contributed by atoms with Crippen LogP contribution >= 0.6 is 0 Å².